The van der Waals surface area contributed by atoms with Crippen LogP contribution < -0.4 is 4.74 Å². The summed E-state index contributed by atoms with van der Waals surface area (Å²) in [5, 5.41) is 9.74. The lowest BCUT2D eigenvalue weighted by atomic mass is 10.1. The molecule has 5 nitrogen and oxygen atoms in total. The van der Waals surface area contributed by atoms with Gasteiger partial charge >= 0.3 is 5.97 Å². The molecule has 0 spiro atoms. The Labute approximate surface area is 123 Å². The van der Waals surface area contributed by atoms with Crippen molar-refractivity contribution in [2.75, 3.05) is 13.7 Å². The third kappa shape index (κ3) is 3.70. The fraction of sp³-hybridized carbons (Fsp3) is 0.375. The van der Waals surface area contributed by atoms with Crippen LogP contribution in [0.2, 0.25) is 0 Å². The number of carboxylic acid groups (broad SMARTS) is 1. The minimum atomic E-state index is -0.960. The summed E-state index contributed by atoms with van der Waals surface area (Å²) in [6.45, 7) is 4.46. The number of hydrogen-bond donors (Lipinski definition) is 1. The highest BCUT2D eigenvalue weighted by atomic mass is 16.5. The Morgan fingerprint density at radius 3 is 2.71 bits per heavy atom. The van der Waals surface area contributed by atoms with Crippen molar-refractivity contribution in [3.05, 3.63) is 35.9 Å². The van der Waals surface area contributed by atoms with E-state index < -0.39 is 5.97 Å². The second kappa shape index (κ2) is 6.10. The second-order valence-corrected chi connectivity index (χ2v) is 5.39. The number of ether oxygens (including phenoxy) is 2. The number of aromatic carboxylic acids is 1. The number of benzene rings is 1. The molecule has 5 heteroatoms. The first-order valence-corrected chi connectivity index (χ1v) is 6.74. The van der Waals surface area contributed by atoms with Gasteiger partial charge in [0, 0.05) is 25.0 Å². The topological polar surface area (TPSA) is 68.7 Å². The Balaban J connectivity index is 2.15. The molecule has 0 aliphatic heterocycles. The number of carboxylic acids is 1. The highest BCUT2D eigenvalue weighted by molar-refractivity contribution is 6.02. The van der Waals surface area contributed by atoms with Crippen molar-refractivity contribution in [2.24, 2.45) is 0 Å². The first-order valence-electron chi connectivity index (χ1n) is 6.74. The van der Waals surface area contributed by atoms with Gasteiger partial charge in [0.2, 0.25) is 5.88 Å². The standard InChI is InChI=1S/C16H19NO4/c1-16(2,20-3)9-10-21-14-8-7-11-12(15(18)19)5-4-6-13(11)17-14/h4-8H,9-10H2,1-3H3,(H,18,19). The summed E-state index contributed by atoms with van der Waals surface area (Å²) in [7, 11) is 1.67. The summed E-state index contributed by atoms with van der Waals surface area (Å²) in [4.78, 5) is 15.5. The van der Waals surface area contributed by atoms with Crippen molar-refractivity contribution in [3.63, 3.8) is 0 Å². The van der Waals surface area contributed by atoms with Crippen LogP contribution in [0.3, 0.4) is 0 Å². The maximum absolute atomic E-state index is 11.1. The van der Waals surface area contributed by atoms with E-state index in [1.54, 1.807) is 37.4 Å². The van der Waals surface area contributed by atoms with Crippen LogP contribution >= 0.6 is 0 Å². The van der Waals surface area contributed by atoms with Crippen LogP contribution in [-0.2, 0) is 4.74 Å². The number of methoxy groups -OCH3 is 1. The van der Waals surface area contributed by atoms with Crippen LogP contribution in [0.1, 0.15) is 30.6 Å². The molecule has 0 aliphatic carbocycles. The van der Waals surface area contributed by atoms with Gasteiger partial charge in [-0.05, 0) is 32.0 Å². The molecule has 0 bridgehead atoms. The van der Waals surface area contributed by atoms with Gasteiger partial charge in [-0.1, -0.05) is 6.07 Å². The summed E-state index contributed by atoms with van der Waals surface area (Å²) in [5.41, 5.74) is 0.610. The quantitative estimate of drug-likeness (QED) is 0.884. The molecule has 0 atom stereocenters. The summed E-state index contributed by atoms with van der Waals surface area (Å²) in [5.74, 6) is -0.477. The van der Waals surface area contributed by atoms with Crippen molar-refractivity contribution in [1.82, 2.24) is 4.98 Å². The van der Waals surface area contributed by atoms with Gasteiger partial charge in [0.1, 0.15) is 0 Å². The van der Waals surface area contributed by atoms with Crippen LogP contribution in [0.4, 0.5) is 0 Å². The number of pyridine rings is 1. The van der Waals surface area contributed by atoms with Crippen molar-refractivity contribution in [3.8, 4) is 5.88 Å². The van der Waals surface area contributed by atoms with E-state index in [9.17, 15) is 4.79 Å². The molecule has 21 heavy (non-hydrogen) atoms. The largest absolute Gasteiger partial charge is 0.478 e. The lowest BCUT2D eigenvalue weighted by molar-refractivity contribution is 0.00511. The molecular weight excluding hydrogens is 270 g/mol. The molecule has 2 rings (SSSR count). The van der Waals surface area contributed by atoms with Crippen LogP contribution in [0.15, 0.2) is 30.3 Å². The van der Waals surface area contributed by atoms with E-state index in [-0.39, 0.29) is 11.2 Å². The van der Waals surface area contributed by atoms with Gasteiger partial charge in [0.25, 0.3) is 0 Å². The molecule has 112 valence electrons. The number of hydrogen-bond acceptors (Lipinski definition) is 4. The molecule has 1 heterocycles. The average molecular weight is 289 g/mol. The summed E-state index contributed by atoms with van der Waals surface area (Å²) in [6.07, 6.45) is 0.735. The highest BCUT2D eigenvalue weighted by Crippen LogP contribution is 2.21. The molecule has 0 amide bonds. The molecule has 2 aromatic rings. The van der Waals surface area contributed by atoms with Gasteiger partial charge in [0.15, 0.2) is 0 Å². The predicted molar refractivity (Wildman–Crippen MR) is 79.9 cm³/mol. The Morgan fingerprint density at radius 1 is 1.29 bits per heavy atom. The lowest BCUT2D eigenvalue weighted by Crippen LogP contribution is -2.25. The predicted octanol–water partition coefficient (Wildman–Crippen LogP) is 3.13. The molecule has 1 aromatic heterocycles. The van der Waals surface area contributed by atoms with Gasteiger partial charge < -0.3 is 14.6 Å². The number of aromatic nitrogens is 1. The summed E-state index contributed by atoms with van der Waals surface area (Å²) < 4.78 is 10.9. The van der Waals surface area contributed by atoms with Crippen molar-refractivity contribution < 1.29 is 19.4 Å². The summed E-state index contributed by atoms with van der Waals surface area (Å²) >= 11 is 0. The Morgan fingerprint density at radius 2 is 2.05 bits per heavy atom. The second-order valence-electron chi connectivity index (χ2n) is 5.39. The summed E-state index contributed by atoms with van der Waals surface area (Å²) in [6, 6.07) is 8.43. The zero-order valence-electron chi connectivity index (χ0n) is 12.4. The van der Waals surface area contributed by atoms with E-state index in [1.165, 1.54) is 0 Å². The van der Waals surface area contributed by atoms with Crippen LogP contribution in [0, 0.1) is 0 Å². The minimum absolute atomic E-state index is 0.243. The SMILES string of the molecule is COC(C)(C)CCOc1ccc2c(C(=O)O)cccc2n1. The fourth-order valence-corrected chi connectivity index (χ4v) is 1.91. The van der Waals surface area contributed by atoms with Crippen LogP contribution in [0.5, 0.6) is 5.88 Å². The van der Waals surface area contributed by atoms with E-state index in [1.807, 2.05) is 13.8 Å². The van der Waals surface area contributed by atoms with Gasteiger partial charge in [0.05, 0.1) is 23.3 Å². The van der Waals surface area contributed by atoms with E-state index in [4.69, 9.17) is 14.6 Å². The van der Waals surface area contributed by atoms with Crippen LogP contribution in [-0.4, -0.2) is 35.4 Å². The zero-order valence-corrected chi connectivity index (χ0v) is 12.4. The molecular formula is C16H19NO4. The molecule has 0 aliphatic rings. The molecule has 1 aromatic carbocycles. The molecule has 0 radical (unpaired) electrons. The Hall–Kier alpha value is -2.14. The zero-order chi connectivity index (χ0) is 15.5. The van der Waals surface area contributed by atoms with E-state index >= 15 is 0 Å². The Bertz CT molecular complexity index is 652. The highest BCUT2D eigenvalue weighted by Gasteiger charge is 2.16. The van der Waals surface area contributed by atoms with Gasteiger partial charge in [-0.3, -0.25) is 0 Å². The van der Waals surface area contributed by atoms with Crippen molar-refractivity contribution >= 4 is 16.9 Å². The average Bonchev–Trinajstić information content (AvgIpc) is 2.46. The number of carbonyl (C=O) groups is 1. The third-order valence-corrected chi connectivity index (χ3v) is 3.44. The van der Waals surface area contributed by atoms with Crippen molar-refractivity contribution in [1.29, 1.82) is 0 Å². The lowest BCUT2D eigenvalue weighted by Gasteiger charge is -2.22. The maximum atomic E-state index is 11.1. The van der Waals surface area contributed by atoms with Gasteiger partial charge in [-0.25, -0.2) is 9.78 Å². The number of rotatable bonds is 6. The molecule has 0 fully saturated rings. The number of nitrogens with zero attached hydrogens (tertiary/aromatic N) is 1. The maximum Gasteiger partial charge on any atom is 0.336 e. The molecule has 0 unspecified atom stereocenters. The molecule has 0 saturated heterocycles. The Kier molecular flexibility index (Phi) is 4.43. The van der Waals surface area contributed by atoms with E-state index in [0.29, 0.717) is 23.4 Å². The van der Waals surface area contributed by atoms with E-state index in [0.717, 1.165) is 6.42 Å². The van der Waals surface area contributed by atoms with Gasteiger partial charge in [-0.2, -0.15) is 0 Å². The van der Waals surface area contributed by atoms with E-state index in [2.05, 4.69) is 4.98 Å². The van der Waals surface area contributed by atoms with Crippen LogP contribution in [0.25, 0.3) is 10.9 Å². The first-order chi connectivity index (χ1) is 9.93. The number of fused-ring (bicyclic) bond motifs is 1. The smallest absolute Gasteiger partial charge is 0.336 e. The van der Waals surface area contributed by atoms with Crippen molar-refractivity contribution in [2.45, 2.75) is 25.9 Å². The first kappa shape index (κ1) is 15.3. The normalized spacial score (nSPS) is 11.6. The fourth-order valence-electron chi connectivity index (χ4n) is 1.91. The van der Waals surface area contributed by atoms with Gasteiger partial charge in [-0.15, -0.1) is 0 Å². The minimum Gasteiger partial charge on any atom is -0.478 e. The monoisotopic (exact) mass is 289 g/mol. The third-order valence-electron chi connectivity index (χ3n) is 3.44. The molecule has 1 N–H and O–H groups in total. The molecule has 0 saturated carbocycles.